The van der Waals surface area contributed by atoms with Gasteiger partial charge in [0.25, 0.3) is 0 Å². The normalized spacial score (nSPS) is 19.2. The molecule has 1 aromatic rings. The van der Waals surface area contributed by atoms with E-state index >= 15 is 0 Å². The molecular weight excluding hydrogens is 232 g/mol. The second-order valence-electron chi connectivity index (χ2n) is 4.51. The van der Waals surface area contributed by atoms with E-state index in [9.17, 15) is 4.79 Å². The van der Waals surface area contributed by atoms with Crippen molar-refractivity contribution >= 4 is 5.97 Å². The van der Waals surface area contributed by atoms with Crippen molar-refractivity contribution in [3.63, 3.8) is 0 Å². The van der Waals surface area contributed by atoms with Gasteiger partial charge in [-0.1, -0.05) is 0 Å². The Balaban J connectivity index is 2.21. The number of carbonyl (C=O) groups excluding carboxylic acids is 1. The number of rotatable bonds is 3. The maximum absolute atomic E-state index is 12.0. The van der Waals surface area contributed by atoms with Crippen LogP contribution in [0.3, 0.4) is 0 Å². The summed E-state index contributed by atoms with van der Waals surface area (Å²) in [6.07, 6.45) is 4.65. The lowest BCUT2D eigenvalue weighted by molar-refractivity contribution is -0.147. The quantitative estimate of drug-likeness (QED) is 0.763. The Kier molecular flexibility index (Phi) is 4.33. The van der Waals surface area contributed by atoms with Gasteiger partial charge in [0.05, 0.1) is 13.3 Å². The molecule has 0 amide bonds. The summed E-state index contributed by atoms with van der Waals surface area (Å²) in [6, 6.07) is -0.344. The van der Waals surface area contributed by atoms with Gasteiger partial charge in [-0.2, -0.15) is 5.10 Å². The molecule has 0 bridgehead atoms. The minimum Gasteiger partial charge on any atom is -0.468 e. The Morgan fingerprint density at radius 3 is 3.00 bits per heavy atom. The van der Waals surface area contributed by atoms with Gasteiger partial charge in [0.2, 0.25) is 0 Å². The number of methoxy groups -OCH3 is 1. The van der Waals surface area contributed by atoms with Gasteiger partial charge in [-0.15, -0.1) is 0 Å². The molecule has 6 nitrogen and oxygen atoms in total. The first-order valence-corrected chi connectivity index (χ1v) is 6.23. The lowest BCUT2D eigenvalue weighted by atomic mass is 10.1. The second-order valence-corrected chi connectivity index (χ2v) is 4.51. The summed E-state index contributed by atoms with van der Waals surface area (Å²) in [7, 11) is 3.28. The number of carbonyl (C=O) groups is 1. The molecule has 1 N–H and O–H groups in total. The molecule has 100 valence electrons. The van der Waals surface area contributed by atoms with Crippen molar-refractivity contribution in [2.24, 2.45) is 7.05 Å². The standard InChI is InChI=1S/C12H20N4O2/c1-15-9-10(8-14-15)11(12(17)18-2)16-6-3-4-13-5-7-16/h8-9,11,13H,3-7H2,1-2H3. The number of aryl methyl sites for hydroxylation is 1. The maximum atomic E-state index is 12.0. The van der Waals surface area contributed by atoms with Crippen molar-refractivity contribution in [3.05, 3.63) is 18.0 Å². The van der Waals surface area contributed by atoms with Gasteiger partial charge in [-0.3, -0.25) is 9.58 Å². The highest BCUT2D eigenvalue weighted by Gasteiger charge is 2.29. The number of nitrogens with zero attached hydrogens (tertiary/aromatic N) is 3. The zero-order valence-electron chi connectivity index (χ0n) is 10.9. The van der Waals surface area contributed by atoms with E-state index < -0.39 is 0 Å². The Labute approximate surface area is 107 Å². The fourth-order valence-corrected chi connectivity index (χ4v) is 2.31. The molecule has 0 aliphatic carbocycles. The highest BCUT2D eigenvalue weighted by molar-refractivity contribution is 5.77. The molecule has 0 saturated carbocycles. The summed E-state index contributed by atoms with van der Waals surface area (Å²) in [4.78, 5) is 14.2. The molecular formula is C12H20N4O2. The van der Waals surface area contributed by atoms with Gasteiger partial charge in [0, 0.05) is 38.4 Å². The maximum Gasteiger partial charge on any atom is 0.327 e. The highest BCUT2D eigenvalue weighted by Crippen LogP contribution is 2.22. The lowest BCUT2D eigenvalue weighted by Crippen LogP contribution is -2.37. The number of ether oxygens (including phenoxy) is 1. The van der Waals surface area contributed by atoms with E-state index in [2.05, 4.69) is 15.3 Å². The van der Waals surface area contributed by atoms with E-state index in [4.69, 9.17) is 4.74 Å². The van der Waals surface area contributed by atoms with Gasteiger partial charge >= 0.3 is 5.97 Å². The number of hydrogen-bond acceptors (Lipinski definition) is 5. The number of nitrogens with one attached hydrogen (secondary N) is 1. The summed E-state index contributed by atoms with van der Waals surface area (Å²) in [5.74, 6) is -0.218. The van der Waals surface area contributed by atoms with Crippen molar-refractivity contribution < 1.29 is 9.53 Å². The third-order valence-electron chi connectivity index (χ3n) is 3.20. The number of aromatic nitrogens is 2. The first-order valence-electron chi connectivity index (χ1n) is 6.23. The van der Waals surface area contributed by atoms with Gasteiger partial charge in [0.1, 0.15) is 6.04 Å². The average molecular weight is 252 g/mol. The van der Waals surface area contributed by atoms with Crippen LogP contribution in [0.15, 0.2) is 12.4 Å². The average Bonchev–Trinajstić information content (AvgIpc) is 2.64. The topological polar surface area (TPSA) is 59.4 Å². The smallest absolute Gasteiger partial charge is 0.327 e. The molecule has 1 unspecified atom stereocenters. The monoisotopic (exact) mass is 252 g/mol. The molecule has 1 saturated heterocycles. The van der Waals surface area contributed by atoms with Crippen LogP contribution in [0.2, 0.25) is 0 Å². The van der Waals surface area contributed by atoms with Crippen molar-refractivity contribution in [2.75, 3.05) is 33.3 Å². The zero-order valence-corrected chi connectivity index (χ0v) is 10.9. The van der Waals surface area contributed by atoms with Crippen molar-refractivity contribution in [3.8, 4) is 0 Å². The molecule has 1 atom stereocenters. The van der Waals surface area contributed by atoms with Crippen molar-refractivity contribution in [1.82, 2.24) is 20.0 Å². The predicted molar refractivity (Wildman–Crippen MR) is 67.0 cm³/mol. The molecule has 1 aliphatic heterocycles. The molecule has 2 heterocycles. The third kappa shape index (κ3) is 2.88. The molecule has 18 heavy (non-hydrogen) atoms. The molecule has 1 aromatic heterocycles. The van der Waals surface area contributed by atoms with Crippen LogP contribution in [-0.4, -0.2) is 53.9 Å². The van der Waals surface area contributed by atoms with Crippen LogP contribution < -0.4 is 5.32 Å². The molecule has 2 rings (SSSR count). The first-order chi connectivity index (χ1) is 8.72. The van der Waals surface area contributed by atoms with E-state index in [0.29, 0.717) is 0 Å². The minimum absolute atomic E-state index is 0.218. The summed E-state index contributed by atoms with van der Waals surface area (Å²) >= 11 is 0. The Morgan fingerprint density at radius 1 is 1.50 bits per heavy atom. The highest BCUT2D eigenvalue weighted by atomic mass is 16.5. The van der Waals surface area contributed by atoms with Crippen LogP contribution in [0.4, 0.5) is 0 Å². The van der Waals surface area contributed by atoms with Crippen LogP contribution in [0.5, 0.6) is 0 Å². The van der Waals surface area contributed by atoms with Gasteiger partial charge < -0.3 is 10.1 Å². The van der Waals surface area contributed by atoms with E-state index in [1.165, 1.54) is 7.11 Å². The van der Waals surface area contributed by atoms with Crippen molar-refractivity contribution in [2.45, 2.75) is 12.5 Å². The molecule has 0 spiro atoms. The van der Waals surface area contributed by atoms with E-state index in [1.807, 2.05) is 13.2 Å². The molecule has 1 aliphatic rings. The summed E-state index contributed by atoms with van der Waals surface area (Å²) in [6.45, 7) is 3.63. The van der Waals surface area contributed by atoms with Crippen LogP contribution in [0.25, 0.3) is 0 Å². The number of esters is 1. The summed E-state index contributed by atoms with van der Waals surface area (Å²) in [5.41, 5.74) is 0.895. The minimum atomic E-state index is -0.344. The first kappa shape index (κ1) is 13.0. The summed E-state index contributed by atoms with van der Waals surface area (Å²) < 4.78 is 6.64. The fraction of sp³-hybridized carbons (Fsp3) is 0.667. The molecule has 0 radical (unpaired) electrons. The van der Waals surface area contributed by atoms with Crippen LogP contribution in [0.1, 0.15) is 18.0 Å². The molecule has 0 aromatic carbocycles. The molecule has 6 heteroatoms. The predicted octanol–water partition coefficient (Wildman–Crippen LogP) is -0.0705. The second kappa shape index (κ2) is 5.97. The largest absolute Gasteiger partial charge is 0.468 e. The Morgan fingerprint density at radius 2 is 2.33 bits per heavy atom. The SMILES string of the molecule is COC(=O)C(c1cnn(C)c1)N1CCCNCC1. The lowest BCUT2D eigenvalue weighted by Gasteiger charge is -2.27. The van der Waals surface area contributed by atoms with Gasteiger partial charge in [-0.05, 0) is 13.0 Å². The number of hydrogen-bond donors (Lipinski definition) is 1. The third-order valence-corrected chi connectivity index (χ3v) is 3.20. The van der Waals surface area contributed by atoms with Crippen LogP contribution >= 0.6 is 0 Å². The molecule has 1 fully saturated rings. The van der Waals surface area contributed by atoms with Crippen LogP contribution in [0, 0.1) is 0 Å². The zero-order chi connectivity index (χ0) is 13.0. The Bertz CT molecular complexity index is 397. The van der Waals surface area contributed by atoms with E-state index in [0.717, 1.165) is 38.2 Å². The Hall–Kier alpha value is -1.40. The van der Waals surface area contributed by atoms with Crippen LogP contribution in [-0.2, 0) is 16.6 Å². The van der Waals surface area contributed by atoms with E-state index in [1.54, 1.807) is 10.9 Å². The van der Waals surface area contributed by atoms with Gasteiger partial charge in [-0.25, -0.2) is 4.79 Å². The van der Waals surface area contributed by atoms with E-state index in [-0.39, 0.29) is 12.0 Å². The fourth-order valence-electron chi connectivity index (χ4n) is 2.31. The van der Waals surface area contributed by atoms with Crippen molar-refractivity contribution in [1.29, 1.82) is 0 Å². The summed E-state index contributed by atoms with van der Waals surface area (Å²) in [5, 5.41) is 7.47. The van der Waals surface area contributed by atoms with Gasteiger partial charge in [0.15, 0.2) is 0 Å².